The molecular weight excluding hydrogens is 672 g/mol. The van der Waals surface area contributed by atoms with E-state index in [2.05, 4.69) is 27.9 Å². The summed E-state index contributed by atoms with van der Waals surface area (Å²) >= 11 is 14.9. The number of halogens is 3. The van der Waals surface area contributed by atoms with Gasteiger partial charge in [-0.15, -0.1) is 0 Å². The van der Waals surface area contributed by atoms with Crippen LogP contribution in [0.15, 0.2) is 77.7 Å². The first-order chi connectivity index (χ1) is 18.6. The largest absolute Gasteiger partial charge is 0.354 e. The van der Waals surface area contributed by atoms with Crippen LogP contribution in [0.4, 0.5) is 5.69 Å². The first-order valence-corrected chi connectivity index (χ1v) is 15.7. The summed E-state index contributed by atoms with van der Waals surface area (Å²) in [6, 6.07) is 18.8. The van der Waals surface area contributed by atoms with E-state index < -0.39 is 28.5 Å². The molecule has 0 aliphatic carbocycles. The van der Waals surface area contributed by atoms with Gasteiger partial charge in [0.15, 0.2) is 0 Å². The molecule has 3 aromatic carbocycles. The number of benzene rings is 3. The molecule has 1 N–H and O–H groups in total. The zero-order chi connectivity index (χ0) is 28.6. The molecule has 3 rings (SSSR count). The molecule has 0 fully saturated rings. The smallest absolute Gasteiger partial charge is 0.264 e. The number of amides is 2. The minimum Gasteiger partial charge on any atom is -0.354 e. The molecule has 0 heterocycles. The Hall–Kier alpha value is -2.34. The van der Waals surface area contributed by atoms with Crippen LogP contribution in [0.5, 0.6) is 0 Å². The van der Waals surface area contributed by atoms with Crippen molar-refractivity contribution in [1.29, 1.82) is 0 Å². The van der Waals surface area contributed by atoms with Crippen molar-refractivity contribution in [3.8, 4) is 0 Å². The van der Waals surface area contributed by atoms with Gasteiger partial charge < -0.3 is 10.2 Å². The van der Waals surface area contributed by atoms with E-state index in [0.717, 1.165) is 20.7 Å². The average Bonchev–Trinajstić information content (AvgIpc) is 2.92. The SMILES string of the molecule is CCCCNC(=O)C(C)N(Cc1c(Cl)cccc1Cl)C(=O)CN(c1ccc(I)cc1)S(=O)(=O)c1ccccc1. The molecule has 1 atom stereocenters. The molecule has 0 aromatic heterocycles. The summed E-state index contributed by atoms with van der Waals surface area (Å²) in [5.74, 6) is -0.936. The van der Waals surface area contributed by atoms with E-state index >= 15 is 0 Å². The Morgan fingerprint density at radius 2 is 1.56 bits per heavy atom. The third kappa shape index (κ3) is 8.09. The second kappa shape index (κ2) is 14.3. The van der Waals surface area contributed by atoms with E-state index in [9.17, 15) is 18.0 Å². The van der Waals surface area contributed by atoms with Crippen molar-refractivity contribution < 1.29 is 18.0 Å². The van der Waals surface area contributed by atoms with Crippen molar-refractivity contribution in [1.82, 2.24) is 10.2 Å². The van der Waals surface area contributed by atoms with E-state index in [4.69, 9.17) is 23.2 Å². The first kappa shape index (κ1) is 31.2. The Morgan fingerprint density at radius 1 is 0.949 bits per heavy atom. The van der Waals surface area contributed by atoms with Gasteiger partial charge in [0.05, 0.1) is 10.6 Å². The van der Waals surface area contributed by atoms with Crippen molar-refractivity contribution in [3.63, 3.8) is 0 Å². The third-order valence-electron chi connectivity index (χ3n) is 6.11. The number of anilines is 1. The fourth-order valence-electron chi connectivity index (χ4n) is 3.83. The summed E-state index contributed by atoms with van der Waals surface area (Å²) in [6.45, 7) is 3.46. The Labute approximate surface area is 253 Å². The molecule has 39 heavy (non-hydrogen) atoms. The number of hydrogen-bond acceptors (Lipinski definition) is 4. The predicted molar refractivity (Wildman–Crippen MR) is 165 cm³/mol. The number of sulfonamides is 1. The summed E-state index contributed by atoms with van der Waals surface area (Å²) < 4.78 is 29.5. The van der Waals surface area contributed by atoms with E-state index in [1.807, 2.05) is 6.92 Å². The van der Waals surface area contributed by atoms with Crippen molar-refractivity contribution in [2.75, 3.05) is 17.4 Å². The van der Waals surface area contributed by atoms with Gasteiger partial charge >= 0.3 is 0 Å². The van der Waals surface area contributed by atoms with Crippen molar-refractivity contribution in [2.24, 2.45) is 0 Å². The highest BCUT2D eigenvalue weighted by atomic mass is 127. The summed E-state index contributed by atoms with van der Waals surface area (Å²) in [5.41, 5.74) is 0.789. The first-order valence-electron chi connectivity index (χ1n) is 12.4. The highest BCUT2D eigenvalue weighted by molar-refractivity contribution is 14.1. The molecule has 2 amide bonds. The van der Waals surface area contributed by atoms with Crippen LogP contribution in [0.1, 0.15) is 32.3 Å². The monoisotopic (exact) mass is 701 g/mol. The minimum atomic E-state index is -4.12. The van der Waals surface area contributed by atoms with E-state index in [-0.39, 0.29) is 17.3 Å². The van der Waals surface area contributed by atoms with Crippen molar-refractivity contribution in [2.45, 2.75) is 44.2 Å². The van der Waals surface area contributed by atoms with Gasteiger partial charge in [-0.05, 0) is 84.5 Å². The van der Waals surface area contributed by atoms with Crippen LogP contribution >= 0.6 is 45.8 Å². The van der Waals surface area contributed by atoms with Crippen molar-refractivity contribution >= 4 is 73.3 Å². The maximum absolute atomic E-state index is 13.9. The van der Waals surface area contributed by atoms with Crippen LogP contribution in [0, 0.1) is 3.57 Å². The molecule has 1 unspecified atom stereocenters. The lowest BCUT2D eigenvalue weighted by Gasteiger charge is -2.32. The third-order valence-corrected chi connectivity index (χ3v) is 9.33. The van der Waals surface area contributed by atoms with Crippen LogP contribution in [0.2, 0.25) is 10.0 Å². The highest BCUT2D eigenvalue weighted by Crippen LogP contribution is 2.28. The predicted octanol–water partition coefficient (Wildman–Crippen LogP) is 6.13. The Bertz CT molecular complexity index is 1370. The van der Waals surface area contributed by atoms with E-state index in [1.165, 1.54) is 17.0 Å². The minimum absolute atomic E-state index is 0.0439. The van der Waals surface area contributed by atoms with Crippen LogP contribution in [-0.4, -0.2) is 44.3 Å². The van der Waals surface area contributed by atoms with Gasteiger partial charge in [0, 0.05) is 32.3 Å². The molecule has 7 nitrogen and oxygen atoms in total. The number of unbranched alkanes of at least 4 members (excludes halogenated alkanes) is 1. The quantitative estimate of drug-likeness (QED) is 0.182. The molecule has 0 spiro atoms. The van der Waals surface area contributed by atoms with Gasteiger partial charge in [-0.3, -0.25) is 13.9 Å². The number of carbonyl (C=O) groups excluding carboxylic acids is 2. The lowest BCUT2D eigenvalue weighted by Crippen LogP contribution is -2.51. The zero-order valence-electron chi connectivity index (χ0n) is 21.6. The zero-order valence-corrected chi connectivity index (χ0v) is 26.1. The molecule has 0 aliphatic heterocycles. The lowest BCUT2D eigenvalue weighted by molar-refractivity contribution is -0.139. The number of carbonyl (C=O) groups is 2. The van der Waals surface area contributed by atoms with Gasteiger partial charge in [0.1, 0.15) is 12.6 Å². The second-order valence-corrected chi connectivity index (χ2v) is 12.8. The Morgan fingerprint density at radius 3 is 2.15 bits per heavy atom. The molecule has 11 heteroatoms. The Balaban J connectivity index is 2.02. The summed E-state index contributed by atoms with van der Waals surface area (Å²) in [7, 11) is -4.12. The molecule has 0 bridgehead atoms. The normalized spacial score (nSPS) is 12.0. The molecule has 3 aromatic rings. The summed E-state index contributed by atoms with van der Waals surface area (Å²) in [6.07, 6.45) is 1.69. The number of nitrogens with one attached hydrogen (secondary N) is 1. The van der Waals surface area contributed by atoms with Crippen molar-refractivity contribution in [3.05, 3.63) is 92.0 Å². The van der Waals surface area contributed by atoms with Crippen LogP contribution < -0.4 is 9.62 Å². The highest BCUT2D eigenvalue weighted by Gasteiger charge is 2.33. The molecule has 0 saturated carbocycles. The second-order valence-electron chi connectivity index (χ2n) is 8.84. The Kier molecular flexibility index (Phi) is 11.5. The lowest BCUT2D eigenvalue weighted by atomic mass is 10.1. The van der Waals surface area contributed by atoms with E-state index in [1.54, 1.807) is 67.6 Å². The molecule has 0 radical (unpaired) electrons. The van der Waals surface area contributed by atoms with Gasteiger partial charge in [-0.2, -0.15) is 0 Å². The van der Waals surface area contributed by atoms with Gasteiger partial charge in [-0.25, -0.2) is 8.42 Å². The van der Waals surface area contributed by atoms with Gasteiger partial charge in [0.25, 0.3) is 10.0 Å². The standard InChI is InChI=1S/C28H30Cl2IN3O4S/c1-3-4-17-32-28(36)20(2)33(18-24-25(29)11-8-12-26(24)30)27(35)19-34(22-15-13-21(31)14-16-22)39(37,38)23-9-6-5-7-10-23/h5-16,20H,3-4,17-19H2,1-2H3,(H,32,36). The van der Waals surface area contributed by atoms with Gasteiger partial charge in [0.2, 0.25) is 11.8 Å². The fourth-order valence-corrected chi connectivity index (χ4v) is 6.14. The fraction of sp³-hybridized carbons (Fsp3) is 0.286. The number of hydrogen-bond donors (Lipinski definition) is 1. The summed E-state index contributed by atoms with van der Waals surface area (Å²) in [4.78, 5) is 28.3. The van der Waals surface area contributed by atoms with Gasteiger partial charge in [-0.1, -0.05) is 60.8 Å². The number of rotatable bonds is 12. The van der Waals surface area contributed by atoms with Crippen LogP contribution in [0.25, 0.3) is 0 Å². The topological polar surface area (TPSA) is 86.8 Å². The molecule has 0 saturated heterocycles. The molecule has 208 valence electrons. The maximum atomic E-state index is 13.9. The molecule has 0 aliphatic rings. The van der Waals surface area contributed by atoms with Crippen LogP contribution in [-0.2, 0) is 26.2 Å². The van der Waals surface area contributed by atoms with E-state index in [0.29, 0.717) is 27.8 Å². The summed E-state index contributed by atoms with van der Waals surface area (Å²) in [5, 5.41) is 3.53. The average molecular weight is 702 g/mol. The maximum Gasteiger partial charge on any atom is 0.264 e. The number of nitrogens with zero attached hydrogens (tertiary/aromatic N) is 2. The molecular formula is C28H30Cl2IN3O4S. The van der Waals surface area contributed by atoms with Crippen LogP contribution in [0.3, 0.4) is 0 Å².